The monoisotopic (exact) mass is 305 g/mol. The Labute approximate surface area is 129 Å². The van der Waals surface area contributed by atoms with Crippen molar-refractivity contribution in [2.24, 2.45) is 11.8 Å². The number of nitrogens with one attached hydrogen (secondary N) is 1. The number of likely N-dealkylation sites (tertiary alicyclic amines) is 1. The highest BCUT2D eigenvalue weighted by Gasteiger charge is 2.34. The van der Waals surface area contributed by atoms with Crippen LogP contribution in [-0.2, 0) is 9.59 Å². The third-order valence-corrected chi connectivity index (χ3v) is 5.17. The van der Waals surface area contributed by atoms with Gasteiger partial charge in [-0.05, 0) is 43.6 Å². The van der Waals surface area contributed by atoms with Gasteiger partial charge in [0.2, 0.25) is 5.91 Å². The molecule has 2 N–H and O–H groups in total. The van der Waals surface area contributed by atoms with Gasteiger partial charge in [-0.2, -0.15) is 5.10 Å². The molecule has 0 radical (unpaired) electrons. The van der Waals surface area contributed by atoms with Crippen molar-refractivity contribution >= 4 is 11.9 Å². The second-order valence-electron chi connectivity index (χ2n) is 6.53. The average Bonchev–Trinajstić information content (AvgIpc) is 3.09. The topological polar surface area (TPSA) is 86.3 Å². The lowest BCUT2D eigenvalue weighted by molar-refractivity contribution is -0.145. The van der Waals surface area contributed by atoms with Crippen LogP contribution in [-0.4, -0.2) is 45.2 Å². The predicted molar refractivity (Wildman–Crippen MR) is 80.2 cm³/mol. The van der Waals surface area contributed by atoms with Gasteiger partial charge in [-0.15, -0.1) is 0 Å². The molecule has 2 aliphatic rings. The molecule has 1 aromatic rings. The number of rotatable bonds is 3. The number of aromatic amines is 1. The highest BCUT2D eigenvalue weighted by atomic mass is 16.4. The summed E-state index contributed by atoms with van der Waals surface area (Å²) in [4.78, 5) is 25.7. The first-order valence-corrected chi connectivity index (χ1v) is 8.15. The fraction of sp³-hybridized carbons (Fsp3) is 0.688. The Bertz CT molecular complexity index is 521. The van der Waals surface area contributed by atoms with E-state index in [0.717, 1.165) is 38.8 Å². The van der Waals surface area contributed by atoms with E-state index in [1.165, 1.54) is 5.56 Å². The molecule has 2 heterocycles. The minimum absolute atomic E-state index is 0.0969. The van der Waals surface area contributed by atoms with Gasteiger partial charge in [-0.25, -0.2) is 0 Å². The summed E-state index contributed by atoms with van der Waals surface area (Å²) < 4.78 is 0. The summed E-state index contributed by atoms with van der Waals surface area (Å²) in [6, 6.07) is 0. The van der Waals surface area contributed by atoms with Gasteiger partial charge >= 0.3 is 5.97 Å². The summed E-state index contributed by atoms with van der Waals surface area (Å²) in [6.45, 7) is 1.53. The molecule has 1 amide bonds. The van der Waals surface area contributed by atoms with Crippen LogP contribution in [0.15, 0.2) is 12.4 Å². The smallest absolute Gasteiger partial charge is 0.306 e. The lowest BCUT2D eigenvalue weighted by Crippen LogP contribution is -2.43. The number of piperidine rings is 1. The number of hydrogen-bond acceptors (Lipinski definition) is 3. The highest BCUT2D eigenvalue weighted by molar-refractivity contribution is 5.80. The minimum Gasteiger partial charge on any atom is -0.481 e. The second kappa shape index (κ2) is 6.50. The lowest BCUT2D eigenvalue weighted by Gasteiger charge is -2.36. The molecule has 1 aliphatic heterocycles. The Morgan fingerprint density at radius 2 is 1.91 bits per heavy atom. The standard InChI is InChI=1S/C16H23N3O3/c20-15(12-2-1-3-13(8-12)16(21)22)19-6-4-11(5-7-19)14-9-17-18-10-14/h9-13H,1-8H2,(H,17,18)(H,21,22). The molecular weight excluding hydrogens is 282 g/mol. The molecule has 2 unspecified atom stereocenters. The van der Waals surface area contributed by atoms with Crippen LogP contribution in [0.3, 0.4) is 0 Å². The van der Waals surface area contributed by atoms with Crippen LogP contribution in [0.5, 0.6) is 0 Å². The number of amides is 1. The molecule has 0 aromatic carbocycles. The van der Waals surface area contributed by atoms with Crippen LogP contribution < -0.4 is 0 Å². The average molecular weight is 305 g/mol. The molecule has 3 rings (SSSR count). The Kier molecular flexibility index (Phi) is 4.45. The number of carboxylic acid groups (broad SMARTS) is 1. The third kappa shape index (κ3) is 3.15. The molecule has 2 atom stereocenters. The largest absolute Gasteiger partial charge is 0.481 e. The Morgan fingerprint density at radius 3 is 2.55 bits per heavy atom. The van der Waals surface area contributed by atoms with E-state index in [2.05, 4.69) is 10.2 Å². The van der Waals surface area contributed by atoms with E-state index in [4.69, 9.17) is 5.11 Å². The number of aromatic nitrogens is 2. The van der Waals surface area contributed by atoms with E-state index < -0.39 is 5.97 Å². The van der Waals surface area contributed by atoms with Crippen molar-refractivity contribution in [3.05, 3.63) is 18.0 Å². The first kappa shape index (κ1) is 15.1. The summed E-state index contributed by atoms with van der Waals surface area (Å²) in [5.41, 5.74) is 1.22. The Balaban J connectivity index is 1.54. The molecule has 6 nitrogen and oxygen atoms in total. The summed E-state index contributed by atoms with van der Waals surface area (Å²) >= 11 is 0. The summed E-state index contributed by atoms with van der Waals surface area (Å²) in [5.74, 6) is -0.555. The van der Waals surface area contributed by atoms with Gasteiger partial charge in [0.15, 0.2) is 0 Å². The van der Waals surface area contributed by atoms with Crippen LogP contribution in [0.25, 0.3) is 0 Å². The van der Waals surface area contributed by atoms with Crippen molar-refractivity contribution < 1.29 is 14.7 Å². The zero-order valence-electron chi connectivity index (χ0n) is 12.7. The maximum absolute atomic E-state index is 12.6. The Morgan fingerprint density at radius 1 is 1.18 bits per heavy atom. The number of carboxylic acids is 1. The predicted octanol–water partition coefficient (Wildman–Crippen LogP) is 2.01. The van der Waals surface area contributed by atoms with Crippen LogP contribution in [0.2, 0.25) is 0 Å². The SMILES string of the molecule is O=C(O)C1CCCC(C(=O)N2CCC(c3cn[nH]c3)CC2)C1. The van der Waals surface area contributed by atoms with E-state index in [9.17, 15) is 9.59 Å². The number of hydrogen-bond donors (Lipinski definition) is 2. The van der Waals surface area contributed by atoms with Crippen molar-refractivity contribution in [2.75, 3.05) is 13.1 Å². The first-order chi connectivity index (χ1) is 10.6. The third-order valence-electron chi connectivity index (χ3n) is 5.17. The summed E-state index contributed by atoms with van der Waals surface area (Å²) in [5, 5.41) is 16.0. The number of aliphatic carboxylic acids is 1. The molecule has 1 aliphatic carbocycles. The van der Waals surface area contributed by atoms with Gasteiger partial charge in [0.25, 0.3) is 0 Å². The van der Waals surface area contributed by atoms with E-state index in [0.29, 0.717) is 18.8 Å². The highest BCUT2D eigenvalue weighted by Crippen LogP contribution is 2.33. The van der Waals surface area contributed by atoms with Gasteiger partial charge in [0, 0.05) is 25.2 Å². The van der Waals surface area contributed by atoms with Crippen LogP contribution in [0, 0.1) is 11.8 Å². The van der Waals surface area contributed by atoms with Gasteiger partial charge in [0.1, 0.15) is 0 Å². The zero-order chi connectivity index (χ0) is 15.5. The van der Waals surface area contributed by atoms with Gasteiger partial charge < -0.3 is 10.0 Å². The molecule has 120 valence electrons. The summed E-state index contributed by atoms with van der Waals surface area (Å²) in [6.07, 6.45) is 8.61. The lowest BCUT2D eigenvalue weighted by atomic mass is 9.80. The first-order valence-electron chi connectivity index (χ1n) is 8.15. The van der Waals surface area contributed by atoms with Crippen molar-refractivity contribution in [1.29, 1.82) is 0 Å². The molecule has 0 spiro atoms. The number of nitrogens with zero attached hydrogens (tertiary/aromatic N) is 2. The van der Waals surface area contributed by atoms with E-state index >= 15 is 0 Å². The molecule has 1 aromatic heterocycles. The fourth-order valence-electron chi connectivity index (χ4n) is 3.81. The molecule has 0 bridgehead atoms. The minimum atomic E-state index is -0.754. The molecule has 1 saturated carbocycles. The second-order valence-corrected chi connectivity index (χ2v) is 6.53. The van der Waals surface area contributed by atoms with Gasteiger partial charge in [0.05, 0.1) is 12.1 Å². The van der Waals surface area contributed by atoms with Crippen molar-refractivity contribution in [3.8, 4) is 0 Å². The van der Waals surface area contributed by atoms with Crippen molar-refractivity contribution in [3.63, 3.8) is 0 Å². The maximum atomic E-state index is 12.6. The molecule has 22 heavy (non-hydrogen) atoms. The number of H-pyrrole nitrogens is 1. The fourth-order valence-corrected chi connectivity index (χ4v) is 3.81. The molecular formula is C16H23N3O3. The summed E-state index contributed by atoms with van der Waals surface area (Å²) in [7, 11) is 0. The van der Waals surface area contributed by atoms with E-state index in [-0.39, 0.29) is 17.7 Å². The van der Waals surface area contributed by atoms with Crippen molar-refractivity contribution in [1.82, 2.24) is 15.1 Å². The number of carbonyl (C=O) groups is 2. The molecule has 2 fully saturated rings. The molecule has 1 saturated heterocycles. The maximum Gasteiger partial charge on any atom is 0.306 e. The van der Waals surface area contributed by atoms with E-state index in [1.54, 1.807) is 0 Å². The molecule has 6 heteroatoms. The number of carbonyl (C=O) groups excluding carboxylic acids is 1. The quantitative estimate of drug-likeness (QED) is 0.894. The van der Waals surface area contributed by atoms with Crippen LogP contribution >= 0.6 is 0 Å². The van der Waals surface area contributed by atoms with Crippen LogP contribution in [0.1, 0.15) is 50.0 Å². The normalized spacial score (nSPS) is 26.8. The zero-order valence-corrected chi connectivity index (χ0v) is 12.7. The van der Waals surface area contributed by atoms with Gasteiger partial charge in [-0.1, -0.05) is 6.42 Å². The van der Waals surface area contributed by atoms with E-state index in [1.807, 2.05) is 17.3 Å². The van der Waals surface area contributed by atoms with Crippen LogP contribution in [0.4, 0.5) is 0 Å². The Hall–Kier alpha value is -1.85. The van der Waals surface area contributed by atoms with Gasteiger partial charge in [-0.3, -0.25) is 14.7 Å². The van der Waals surface area contributed by atoms with Crippen molar-refractivity contribution in [2.45, 2.75) is 44.4 Å².